The van der Waals surface area contributed by atoms with Crippen LogP contribution in [0, 0.1) is 0 Å². The van der Waals surface area contributed by atoms with Crippen molar-refractivity contribution in [1.82, 2.24) is 9.78 Å². The van der Waals surface area contributed by atoms with Crippen LogP contribution in [0.25, 0.3) is 0 Å². The van der Waals surface area contributed by atoms with E-state index in [1.807, 2.05) is 13.8 Å². The third kappa shape index (κ3) is 3.50. The van der Waals surface area contributed by atoms with Crippen molar-refractivity contribution in [2.75, 3.05) is 4.72 Å². The molecule has 1 aliphatic rings. The van der Waals surface area contributed by atoms with Crippen molar-refractivity contribution in [2.24, 2.45) is 0 Å². The van der Waals surface area contributed by atoms with Gasteiger partial charge in [-0.3, -0.25) is 9.40 Å². The molecule has 0 aliphatic carbocycles. The number of aromatic nitrogens is 2. The lowest BCUT2D eigenvalue weighted by molar-refractivity contribution is 0.122. The molecule has 0 unspecified atom stereocenters. The Bertz CT molecular complexity index is 863. The van der Waals surface area contributed by atoms with E-state index >= 15 is 0 Å². The smallest absolute Gasteiger partial charge is 0.263 e. The fourth-order valence-electron chi connectivity index (χ4n) is 2.61. The van der Waals surface area contributed by atoms with E-state index in [2.05, 4.69) is 9.82 Å². The molecule has 0 amide bonds. The first-order valence-corrected chi connectivity index (χ1v) is 8.79. The SMILES string of the molecule is CC1(C)Cc2cc(S(=O)(=O)Nc3ccn(CC(F)F)n3)ccc2O1. The fraction of sp³-hybridized carbons (Fsp3) is 0.400. The Morgan fingerprint density at radius 2 is 2.12 bits per heavy atom. The van der Waals surface area contributed by atoms with Gasteiger partial charge in [0.05, 0.1) is 4.90 Å². The lowest BCUT2D eigenvalue weighted by Crippen LogP contribution is -2.24. The van der Waals surface area contributed by atoms with Crippen molar-refractivity contribution in [3.8, 4) is 5.75 Å². The van der Waals surface area contributed by atoms with E-state index in [0.717, 1.165) is 10.2 Å². The molecule has 24 heavy (non-hydrogen) atoms. The molecule has 0 saturated heterocycles. The number of rotatable bonds is 5. The van der Waals surface area contributed by atoms with Gasteiger partial charge >= 0.3 is 0 Å². The minimum Gasteiger partial charge on any atom is -0.487 e. The molecule has 0 atom stereocenters. The summed E-state index contributed by atoms with van der Waals surface area (Å²) in [4.78, 5) is 0.0750. The summed E-state index contributed by atoms with van der Waals surface area (Å²) in [6.07, 6.45) is -0.660. The van der Waals surface area contributed by atoms with Crippen LogP contribution >= 0.6 is 0 Å². The van der Waals surface area contributed by atoms with Crippen molar-refractivity contribution in [2.45, 2.75) is 43.7 Å². The predicted molar refractivity (Wildman–Crippen MR) is 83.9 cm³/mol. The molecular formula is C15H17F2N3O3S. The Morgan fingerprint density at radius 3 is 2.83 bits per heavy atom. The quantitative estimate of drug-likeness (QED) is 0.893. The van der Waals surface area contributed by atoms with E-state index in [1.54, 1.807) is 12.1 Å². The van der Waals surface area contributed by atoms with Crippen molar-refractivity contribution < 1.29 is 21.9 Å². The van der Waals surface area contributed by atoms with E-state index in [1.165, 1.54) is 18.3 Å². The number of alkyl halides is 2. The number of benzene rings is 1. The second kappa shape index (κ2) is 5.73. The number of nitrogens with zero attached hydrogens (tertiary/aromatic N) is 2. The van der Waals surface area contributed by atoms with E-state index in [0.29, 0.717) is 12.2 Å². The number of sulfonamides is 1. The summed E-state index contributed by atoms with van der Waals surface area (Å²) in [6, 6.07) is 5.95. The van der Waals surface area contributed by atoms with Crippen LogP contribution in [0.1, 0.15) is 19.4 Å². The standard InChI is InChI=1S/C15H17F2N3O3S/c1-15(2)8-10-7-11(3-4-12(10)23-15)24(21,22)19-14-5-6-20(18-14)9-13(16)17/h3-7,13H,8-9H2,1-2H3,(H,18,19). The summed E-state index contributed by atoms with van der Waals surface area (Å²) in [5, 5.41) is 3.78. The Morgan fingerprint density at radius 1 is 1.38 bits per heavy atom. The van der Waals surface area contributed by atoms with Gasteiger partial charge < -0.3 is 4.74 Å². The van der Waals surface area contributed by atoms with Crippen LogP contribution in [0.2, 0.25) is 0 Å². The average molecular weight is 357 g/mol. The first-order chi connectivity index (χ1) is 11.1. The van der Waals surface area contributed by atoms with Gasteiger partial charge in [0, 0.05) is 18.7 Å². The van der Waals surface area contributed by atoms with Gasteiger partial charge in [0.25, 0.3) is 16.4 Å². The number of fused-ring (bicyclic) bond motifs is 1. The van der Waals surface area contributed by atoms with E-state index in [-0.39, 0.29) is 16.3 Å². The van der Waals surface area contributed by atoms with E-state index in [4.69, 9.17) is 4.74 Å². The molecule has 2 heterocycles. The Labute approximate surface area is 138 Å². The van der Waals surface area contributed by atoms with Gasteiger partial charge in [0.2, 0.25) is 0 Å². The van der Waals surface area contributed by atoms with Gasteiger partial charge in [-0.05, 0) is 37.6 Å². The summed E-state index contributed by atoms with van der Waals surface area (Å²) in [5.74, 6) is 0.660. The van der Waals surface area contributed by atoms with Crippen LogP contribution < -0.4 is 9.46 Å². The van der Waals surface area contributed by atoms with Crippen molar-refractivity contribution in [3.05, 3.63) is 36.0 Å². The maximum atomic E-state index is 12.4. The number of hydrogen-bond acceptors (Lipinski definition) is 4. The summed E-state index contributed by atoms with van der Waals surface area (Å²) in [7, 11) is -3.86. The van der Waals surface area contributed by atoms with Crippen molar-refractivity contribution >= 4 is 15.8 Å². The third-order valence-electron chi connectivity index (χ3n) is 3.55. The Balaban J connectivity index is 1.80. The van der Waals surface area contributed by atoms with Crippen LogP contribution in [0.4, 0.5) is 14.6 Å². The average Bonchev–Trinajstić information content (AvgIpc) is 2.98. The number of ether oxygens (including phenoxy) is 1. The molecule has 6 nitrogen and oxygen atoms in total. The van der Waals surface area contributed by atoms with E-state index in [9.17, 15) is 17.2 Å². The summed E-state index contributed by atoms with van der Waals surface area (Å²) < 4.78 is 58.5. The minimum absolute atomic E-state index is 0.00673. The molecule has 1 aromatic heterocycles. The number of nitrogens with one attached hydrogen (secondary N) is 1. The topological polar surface area (TPSA) is 73.2 Å². The first kappa shape index (κ1) is 16.7. The highest BCUT2D eigenvalue weighted by molar-refractivity contribution is 7.92. The highest BCUT2D eigenvalue weighted by atomic mass is 32.2. The zero-order chi connectivity index (χ0) is 17.5. The lowest BCUT2D eigenvalue weighted by Gasteiger charge is -2.16. The van der Waals surface area contributed by atoms with Crippen LogP contribution in [0.3, 0.4) is 0 Å². The molecule has 1 aromatic carbocycles. The zero-order valence-electron chi connectivity index (χ0n) is 13.2. The van der Waals surface area contributed by atoms with Crippen LogP contribution in [0.15, 0.2) is 35.4 Å². The number of anilines is 1. The number of hydrogen-bond donors (Lipinski definition) is 1. The number of halogens is 2. The van der Waals surface area contributed by atoms with Gasteiger partial charge in [0.15, 0.2) is 5.82 Å². The first-order valence-electron chi connectivity index (χ1n) is 7.31. The molecule has 3 rings (SSSR count). The third-order valence-corrected chi connectivity index (χ3v) is 4.90. The van der Waals surface area contributed by atoms with Crippen molar-refractivity contribution in [3.63, 3.8) is 0 Å². The molecule has 1 N–H and O–H groups in total. The van der Waals surface area contributed by atoms with Gasteiger partial charge in [-0.25, -0.2) is 17.2 Å². The van der Waals surface area contributed by atoms with Crippen LogP contribution in [-0.2, 0) is 23.0 Å². The monoisotopic (exact) mass is 357 g/mol. The highest BCUT2D eigenvalue weighted by Crippen LogP contribution is 2.36. The Kier molecular flexibility index (Phi) is 3.98. The van der Waals surface area contributed by atoms with E-state index < -0.39 is 23.0 Å². The normalized spacial score (nSPS) is 16.0. The lowest BCUT2D eigenvalue weighted by atomic mass is 10.0. The molecule has 0 spiro atoms. The zero-order valence-corrected chi connectivity index (χ0v) is 14.0. The molecule has 2 aromatic rings. The maximum absolute atomic E-state index is 12.4. The largest absolute Gasteiger partial charge is 0.487 e. The highest BCUT2D eigenvalue weighted by Gasteiger charge is 2.31. The molecule has 0 bridgehead atoms. The summed E-state index contributed by atoms with van der Waals surface area (Å²) >= 11 is 0. The van der Waals surface area contributed by atoms with Crippen LogP contribution in [0.5, 0.6) is 5.75 Å². The molecule has 0 saturated carbocycles. The van der Waals surface area contributed by atoms with Gasteiger partial charge in [-0.15, -0.1) is 0 Å². The predicted octanol–water partition coefficient (Wildman–Crippen LogP) is 2.66. The molecular weight excluding hydrogens is 340 g/mol. The molecule has 0 fully saturated rings. The molecule has 130 valence electrons. The maximum Gasteiger partial charge on any atom is 0.263 e. The van der Waals surface area contributed by atoms with Crippen LogP contribution in [-0.4, -0.2) is 30.2 Å². The minimum atomic E-state index is -3.86. The molecule has 0 radical (unpaired) electrons. The Hall–Kier alpha value is -2.16. The van der Waals surface area contributed by atoms with Gasteiger partial charge in [0.1, 0.15) is 17.9 Å². The molecule has 1 aliphatic heterocycles. The van der Waals surface area contributed by atoms with Gasteiger partial charge in [-0.2, -0.15) is 5.10 Å². The second-order valence-electron chi connectivity index (χ2n) is 6.23. The summed E-state index contributed by atoms with van der Waals surface area (Å²) in [6.45, 7) is 3.26. The van der Waals surface area contributed by atoms with Crippen molar-refractivity contribution in [1.29, 1.82) is 0 Å². The van der Waals surface area contributed by atoms with Gasteiger partial charge in [-0.1, -0.05) is 0 Å². The molecule has 9 heteroatoms. The summed E-state index contributed by atoms with van der Waals surface area (Å²) in [5.41, 5.74) is 0.442. The second-order valence-corrected chi connectivity index (χ2v) is 7.91. The fourth-order valence-corrected chi connectivity index (χ4v) is 3.66.